The van der Waals surface area contributed by atoms with Crippen molar-refractivity contribution in [2.45, 2.75) is 6.42 Å². The number of guanidine groups is 2. The average molecular weight is 159 g/mol. The van der Waals surface area contributed by atoms with Gasteiger partial charge < -0.3 is 16.6 Å². The van der Waals surface area contributed by atoms with Crippen molar-refractivity contribution in [2.75, 3.05) is 13.2 Å². The maximum Gasteiger partial charge on any atom is 0.195 e. The first-order valence-corrected chi connectivity index (χ1v) is 3.18. The third-order valence-electron chi connectivity index (χ3n) is 0.861. The van der Waals surface area contributed by atoms with Crippen LogP contribution in [0.15, 0.2) is 4.99 Å². The number of nitrogens with zero attached hydrogens (tertiary/aromatic N) is 1. The molecule has 0 saturated heterocycles. The first-order valence-electron chi connectivity index (χ1n) is 3.18. The van der Waals surface area contributed by atoms with E-state index in [-0.39, 0.29) is 18.5 Å². The van der Waals surface area contributed by atoms with Crippen LogP contribution < -0.4 is 16.8 Å². The van der Waals surface area contributed by atoms with E-state index in [1.165, 1.54) is 0 Å². The van der Waals surface area contributed by atoms with E-state index < -0.39 is 0 Å². The minimum atomic E-state index is -0.241. The van der Waals surface area contributed by atoms with Crippen molar-refractivity contribution in [3.8, 4) is 0 Å². The molecule has 0 rings (SSSR count). The predicted octanol–water partition coefficient (Wildman–Crippen LogP) is -1.83. The molecule has 0 aromatic heterocycles. The van der Waals surface area contributed by atoms with E-state index in [9.17, 15) is 0 Å². The maximum atomic E-state index is 8.36. The lowest BCUT2D eigenvalue weighted by molar-refractivity contribution is 0.291. The number of nitrogens with two attached hydrogens (primary N) is 2. The summed E-state index contributed by atoms with van der Waals surface area (Å²) in [6.07, 6.45) is 0.556. The molecule has 0 aromatic rings. The van der Waals surface area contributed by atoms with Crippen molar-refractivity contribution in [3.05, 3.63) is 0 Å². The van der Waals surface area contributed by atoms with Crippen LogP contribution in [-0.4, -0.2) is 30.2 Å². The predicted molar refractivity (Wildman–Crippen MR) is 43.2 cm³/mol. The normalized spacial score (nSPS) is 11.2. The molecule has 0 aliphatic rings. The van der Waals surface area contributed by atoms with Crippen molar-refractivity contribution in [1.29, 1.82) is 5.41 Å². The van der Waals surface area contributed by atoms with E-state index in [4.69, 9.17) is 22.0 Å². The van der Waals surface area contributed by atoms with Crippen molar-refractivity contribution in [2.24, 2.45) is 16.5 Å². The molecule has 0 bridgehead atoms. The van der Waals surface area contributed by atoms with Crippen LogP contribution in [0.2, 0.25) is 0 Å². The van der Waals surface area contributed by atoms with Gasteiger partial charge in [-0.05, 0) is 6.42 Å². The minimum Gasteiger partial charge on any atom is -0.396 e. The summed E-state index contributed by atoms with van der Waals surface area (Å²) in [6, 6.07) is 0. The molecule has 0 spiro atoms. The van der Waals surface area contributed by atoms with Gasteiger partial charge in [0.05, 0.1) is 0 Å². The van der Waals surface area contributed by atoms with Crippen LogP contribution in [0.3, 0.4) is 0 Å². The fourth-order valence-electron chi connectivity index (χ4n) is 0.448. The molecule has 7 N–H and O–H groups in total. The molecule has 0 saturated carbocycles. The molecule has 0 atom stereocenters. The molecule has 0 heterocycles. The van der Waals surface area contributed by atoms with Gasteiger partial charge in [-0.3, -0.25) is 15.7 Å². The van der Waals surface area contributed by atoms with Crippen molar-refractivity contribution in [1.82, 2.24) is 5.32 Å². The first kappa shape index (κ1) is 9.70. The van der Waals surface area contributed by atoms with Gasteiger partial charge in [-0.2, -0.15) is 0 Å². The van der Waals surface area contributed by atoms with Gasteiger partial charge in [0.1, 0.15) is 0 Å². The highest BCUT2D eigenvalue weighted by Gasteiger charge is 1.90. The molecular formula is C5H13N5O. The van der Waals surface area contributed by atoms with Gasteiger partial charge in [0.2, 0.25) is 0 Å². The highest BCUT2D eigenvalue weighted by atomic mass is 16.3. The van der Waals surface area contributed by atoms with Crippen molar-refractivity contribution in [3.63, 3.8) is 0 Å². The summed E-state index contributed by atoms with van der Waals surface area (Å²) in [5.41, 5.74) is 10.2. The Labute approximate surface area is 64.8 Å². The standard InChI is InChI=1S/C5H13N5O/c6-4(7)10-5(8)9-2-1-3-11/h11H,1-3H2,(H6,6,7,8,9,10). The SMILES string of the molecule is N=C(N)NC(N)=NCCCO. The summed E-state index contributed by atoms with van der Waals surface area (Å²) in [4.78, 5) is 3.76. The Bertz CT molecular complexity index is 155. The third kappa shape index (κ3) is 6.59. The molecule has 6 heteroatoms. The Balaban J connectivity index is 3.54. The zero-order chi connectivity index (χ0) is 8.69. The van der Waals surface area contributed by atoms with Gasteiger partial charge in [0.25, 0.3) is 0 Å². The fourth-order valence-corrected chi connectivity index (χ4v) is 0.448. The summed E-state index contributed by atoms with van der Waals surface area (Å²) in [6.45, 7) is 0.513. The van der Waals surface area contributed by atoms with Gasteiger partial charge in [0.15, 0.2) is 11.9 Å². The van der Waals surface area contributed by atoms with E-state index in [1.54, 1.807) is 0 Å². The molecule has 0 aromatic carbocycles. The molecule has 0 aliphatic carbocycles. The number of aliphatic hydroxyl groups is 1. The van der Waals surface area contributed by atoms with Gasteiger partial charge in [-0.15, -0.1) is 0 Å². The first-order chi connectivity index (χ1) is 5.16. The van der Waals surface area contributed by atoms with Gasteiger partial charge >= 0.3 is 0 Å². The lowest BCUT2D eigenvalue weighted by Crippen LogP contribution is -2.40. The summed E-state index contributed by atoms with van der Waals surface area (Å²) < 4.78 is 0. The van der Waals surface area contributed by atoms with Gasteiger partial charge in [-0.25, -0.2) is 0 Å². The maximum absolute atomic E-state index is 8.36. The zero-order valence-corrected chi connectivity index (χ0v) is 6.17. The van der Waals surface area contributed by atoms with Crippen LogP contribution >= 0.6 is 0 Å². The Morgan fingerprint density at radius 3 is 2.64 bits per heavy atom. The molecule has 11 heavy (non-hydrogen) atoms. The van der Waals surface area contributed by atoms with Gasteiger partial charge in [0, 0.05) is 13.2 Å². The molecule has 64 valence electrons. The summed E-state index contributed by atoms with van der Waals surface area (Å²) in [5, 5.41) is 17.4. The van der Waals surface area contributed by atoms with Crippen LogP contribution in [0.4, 0.5) is 0 Å². The van der Waals surface area contributed by atoms with Crippen molar-refractivity contribution >= 4 is 11.9 Å². The van der Waals surface area contributed by atoms with Crippen molar-refractivity contribution < 1.29 is 5.11 Å². The van der Waals surface area contributed by atoms with Crippen LogP contribution in [0.25, 0.3) is 0 Å². The Morgan fingerprint density at radius 1 is 1.55 bits per heavy atom. The van der Waals surface area contributed by atoms with E-state index in [0.717, 1.165) is 0 Å². The lowest BCUT2D eigenvalue weighted by atomic mass is 10.5. The van der Waals surface area contributed by atoms with E-state index in [0.29, 0.717) is 13.0 Å². The number of aliphatic imine (C=N–C) groups is 1. The summed E-state index contributed by atoms with van der Waals surface area (Å²) in [5.74, 6) is -0.138. The molecule has 0 fully saturated rings. The second-order valence-corrected chi connectivity index (χ2v) is 1.88. The largest absolute Gasteiger partial charge is 0.396 e. The molecule has 0 unspecified atom stereocenters. The second kappa shape index (κ2) is 5.48. The number of hydrogen-bond donors (Lipinski definition) is 5. The monoisotopic (exact) mass is 159 g/mol. The van der Waals surface area contributed by atoms with Crippen LogP contribution in [0, 0.1) is 5.41 Å². The molecule has 0 amide bonds. The average Bonchev–Trinajstić information content (AvgIpc) is 1.86. The Morgan fingerprint density at radius 2 is 2.18 bits per heavy atom. The summed E-state index contributed by atoms with van der Waals surface area (Å²) in [7, 11) is 0. The number of aliphatic hydroxyl groups excluding tert-OH is 1. The fraction of sp³-hybridized carbons (Fsp3) is 0.600. The van der Waals surface area contributed by atoms with E-state index in [2.05, 4.69) is 10.3 Å². The van der Waals surface area contributed by atoms with Crippen LogP contribution in [0.5, 0.6) is 0 Å². The summed E-state index contributed by atoms with van der Waals surface area (Å²) >= 11 is 0. The second-order valence-electron chi connectivity index (χ2n) is 1.88. The lowest BCUT2D eigenvalue weighted by Gasteiger charge is -2.00. The zero-order valence-electron chi connectivity index (χ0n) is 6.17. The highest BCUT2D eigenvalue weighted by molar-refractivity contribution is 5.95. The third-order valence-corrected chi connectivity index (χ3v) is 0.861. The van der Waals surface area contributed by atoms with Crippen LogP contribution in [0.1, 0.15) is 6.42 Å². The number of rotatable bonds is 3. The quantitative estimate of drug-likeness (QED) is 0.189. The molecule has 0 radical (unpaired) electrons. The molecule has 0 aliphatic heterocycles. The topological polar surface area (TPSA) is 121 Å². The molecular weight excluding hydrogens is 146 g/mol. The highest BCUT2D eigenvalue weighted by Crippen LogP contribution is 1.76. The van der Waals surface area contributed by atoms with E-state index >= 15 is 0 Å². The van der Waals surface area contributed by atoms with Gasteiger partial charge in [-0.1, -0.05) is 0 Å². The smallest absolute Gasteiger partial charge is 0.195 e. The number of nitrogens with one attached hydrogen (secondary N) is 2. The molecule has 6 nitrogen and oxygen atoms in total. The Hall–Kier alpha value is -1.30. The van der Waals surface area contributed by atoms with Crippen LogP contribution in [-0.2, 0) is 0 Å². The minimum absolute atomic E-state index is 0.0802. The van der Waals surface area contributed by atoms with E-state index in [1.807, 2.05) is 0 Å². The number of hydrogen-bond acceptors (Lipinski definition) is 3. The Kier molecular flexibility index (Phi) is 4.83.